The number of thiazole rings is 1. The number of benzene rings is 1. The third-order valence-electron chi connectivity index (χ3n) is 4.62. The lowest BCUT2D eigenvalue weighted by molar-refractivity contribution is 0.0912. The summed E-state index contributed by atoms with van der Waals surface area (Å²) in [5, 5.41) is 16.1. The first kappa shape index (κ1) is 18.6. The molecule has 0 radical (unpaired) electrons. The maximum absolute atomic E-state index is 5.68. The molecule has 0 aliphatic carbocycles. The number of aromatic nitrogens is 5. The molecular formula is C19H23N5OS2. The highest BCUT2D eigenvalue weighted by Gasteiger charge is 2.19. The van der Waals surface area contributed by atoms with Crippen LogP contribution in [0.15, 0.2) is 34.8 Å². The highest BCUT2D eigenvalue weighted by Crippen LogP contribution is 2.28. The Morgan fingerprint density at radius 2 is 2.15 bits per heavy atom. The minimum Gasteiger partial charge on any atom is -0.376 e. The highest BCUT2D eigenvalue weighted by molar-refractivity contribution is 7.98. The van der Waals surface area contributed by atoms with Gasteiger partial charge in [-0.3, -0.25) is 0 Å². The molecule has 2 aromatic heterocycles. The number of nitrogens with zero attached hydrogens (tertiary/aromatic N) is 5. The summed E-state index contributed by atoms with van der Waals surface area (Å²) in [7, 11) is 0. The monoisotopic (exact) mass is 401 g/mol. The largest absolute Gasteiger partial charge is 0.376 e. The van der Waals surface area contributed by atoms with E-state index in [4.69, 9.17) is 9.72 Å². The van der Waals surface area contributed by atoms with Gasteiger partial charge >= 0.3 is 0 Å². The maximum Gasteiger partial charge on any atom is 0.209 e. The molecule has 0 saturated carbocycles. The van der Waals surface area contributed by atoms with Gasteiger partial charge < -0.3 is 4.74 Å². The van der Waals surface area contributed by atoms with Crippen LogP contribution in [0.3, 0.4) is 0 Å². The Morgan fingerprint density at radius 1 is 1.30 bits per heavy atom. The summed E-state index contributed by atoms with van der Waals surface area (Å²) in [6.07, 6.45) is 2.43. The van der Waals surface area contributed by atoms with Crippen LogP contribution in [0.5, 0.6) is 0 Å². The molecule has 0 amide bonds. The molecule has 0 spiro atoms. The van der Waals surface area contributed by atoms with Crippen molar-refractivity contribution in [2.75, 3.05) is 6.61 Å². The Labute approximate surface area is 167 Å². The van der Waals surface area contributed by atoms with Crippen molar-refractivity contribution in [3.8, 4) is 10.6 Å². The molecule has 8 heteroatoms. The van der Waals surface area contributed by atoms with E-state index in [1.807, 2.05) is 4.68 Å². The Kier molecular flexibility index (Phi) is 5.85. The first-order valence-corrected chi connectivity index (χ1v) is 11.1. The Hall–Kier alpha value is -1.77. The van der Waals surface area contributed by atoms with Gasteiger partial charge in [0.2, 0.25) is 5.16 Å². The van der Waals surface area contributed by atoms with Crippen LogP contribution in [0, 0.1) is 0 Å². The Bertz CT molecular complexity index is 868. The van der Waals surface area contributed by atoms with Crippen molar-refractivity contribution in [2.45, 2.75) is 56.2 Å². The van der Waals surface area contributed by atoms with Crippen LogP contribution in [0.25, 0.3) is 10.6 Å². The van der Waals surface area contributed by atoms with E-state index in [1.165, 1.54) is 11.1 Å². The van der Waals surface area contributed by atoms with Gasteiger partial charge in [-0.25, -0.2) is 9.67 Å². The molecule has 142 valence electrons. The van der Waals surface area contributed by atoms with E-state index in [-0.39, 0.29) is 6.10 Å². The number of hydrogen-bond donors (Lipinski definition) is 0. The fourth-order valence-corrected chi connectivity index (χ4v) is 4.76. The predicted molar refractivity (Wildman–Crippen MR) is 108 cm³/mol. The summed E-state index contributed by atoms with van der Waals surface area (Å²) in [5.41, 5.74) is 3.58. The maximum atomic E-state index is 5.68. The normalized spacial score (nSPS) is 17.1. The molecule has 1 fully saturated rings. The molecule has 1 aromatic carbocycles. The second-order valence-corrected chi connectivity index (χ2v) is 8.79. The Balaban J connectivity index is 1.38. The van der Waals surface area contributed by atoms with Crippen LogP contribution in [-0.2, 0) is 17.0 Å². The highest BCUT2D eigenvalue weighted by atomic mass is 32.2. The molecule has 1 aliphatic rings. The van der Waals surface area contributed by atoms with E-state index in [9.17, 15) is 0 Å². The molecular weight excluding hydrogens is 378 g/mol. The second kappa shape index (κ2) is 8.50. The number of hydrogen-bond acceptors (Lipinski definition) is 7. The van der Waals surface area contributed by atoms with Gasteiger partial charge in [0.1, 0.15) is 5.01 Å². The summed E-state index contributed by atoms with van der Waals surface area (Å²) in [5.74, 6) is 1.30. The SMILES string of the molecule is CC(C)c1ccc(-c2nc(CSc3nnnn3CC3CCCO3)cs2)cc1. The summed E-state index contributed by atoms with van der Waals surface area (Å²) >= 11 is 3.30. The van der Waals surface area contributed by atoms with Gasteiger partial charge in [0.25, 0.3) is 0 Å². The summed E-state index contributed by atoms with van der Waals surface area (Å²) < 4.78 is 7.53. The van der Waals surface area contributed by atoms with Crippen LogP contribution in [0.1, 0.15) is 43.9 Å². The van der Waals surface area contributed by atoms with Gasteiger partial charge in [-0.15, -0.1) is 16.4 Å². The standard InChI is InChI=1S/C19H23N5OS2/c1-13(2)14-5-7-15(8-6-14)18-20-16(11-26-18)12-27-19-21-22-23-24(19)10-17-4-3-9-25-17/h5-8,11,13,17H,3-4,9-10,12H2,1-2H3. The Morgan fingerprint density at radius 3 is 2.89 bits per heavy atom. The first-order chi connectivity index (χ1) is 13.2. The van der Waals surface area contributed by atoms with E-state index >= 15 is 0 Å². The molecule has 1 atom stereocenters. The van der Waals surface area contributed by atoms with Crippen molar-refractivity contribution < 1.29 is 4.74 Å². The summed E-state index contributed by atoms with van der Waals surface area (Å²) in [6, 6.07) is 8.70. The smallest absolute Gasteiger partial charge is 0.209 e. The van der Waals surface area contributed by atoms with Crippen molar-refractivity contribution in [1.82, 2.24) is 25.2 Å². The second-order valence-electron chi connectivity index (χ2n) is 6.99. The van der Waals surface area contributed by atoms with Gasteiger partial charge in [-0.1, -0.05) is 49.9 Å². The van der Waals surface area contributed by atoms with Gasteiger partial charge in [0.05, 0.1) is 18.3 Å². The number of ether oxygens (including phenoxy) is 1. The lowest BCUT2D eigenvalue weighted by atomic mass is 10.0. The van der Waals surface area contributed by atoms with E-state index in [2.05, 4.69) is 59.0 Å². The van der Waals surface area contributed by atoms with Crippen molar-refractivity contribution in [1.29, 1.82) is 0 Å². The number of rotatable bonds is 7. The average molecular weight is 402 g/mol. The van der Waals surface area contributed by atoms with Crippen LogP contribution in [0.4, 0.5) is 0 Å². The van der Waals surface area contributed by atoms with Gasteiger partial charge in [0.15, 0.2) is 0 Å². The van der Waals surface area contributed by atoms with Crippen molar-refractivity contribution >= 4 is 23.1 Å². The molecule has 6 nitrogen and oxygen atoms in total. The minimum absolute atomic E-state index is 0.229. The fourth-order valence-electron chi connectivity index (χ4n) is 3.05. The lowest BCUT2D eigenvalue weighted by Crippen LogP contribution is -2.16. The zero-order valence-electron chi connectivity index (χ0n) is 15.5. The molecule has 3 heterocycles. The number of tetrazole rings is 1. The zero-order valence-corrected chi connectivity index (χ0v) is 17.2. The molecule has 1 aliphatic heterocycles. The topological polar surface area (TPSA) is 65.7 Å². The quantitative estimate of drug-likeness (QED) is 0.547. The molecule has 1 saturated heterocycles. The van der Waals surface area contributed by atoms with Gasteiger partial charge in [-0.2, -0.15) is 0 Å². The molecule has 0 N–H and O–H groups in total. The number of thioether (sulfide) groups is 1. The summed E-state index contributed by atoms with van der Waals surface area (Å²) in [4.78, 5) is 4.78. The predicted octanol–water partition coefficient (Wildman–Crippen LogP) is 4.39. The average Bonchev–Trinajstić information content (AvgIpc) is 3.43. The summed E-state index contributed by atoms with van der Waals surface area (Å²) in [6.45, 7) is 5.98. The zero-order chi connectivity index (χ0) is 18.6. The molecule has 1 unspecified atom stereocenters. The minimum atomic E-state index is 0.229. The van der Waals surface area contributed by atoms with Crippen molar-refractivity contribution in [2.24, 2.45) is 0 Å². The molecule has 27 heavy (non-hydrogen) atoms. The van der Waals surface area contributed by atoms with E-state index in [0.29, 0.717) is 5.92 Å². The molecule has 0 bridgehead atoms. The van der Waals surface area contributed by atoms with E-state index in [1.54, 1.807) is 23.1 Å². The van der Waals surface area contributed by atoms with Crippen LogP contribution < -0.4 is 0 Å². The van der Waals surface area contributed by atoms with E-state index < -0.39 is 0 Å². The molecule has 3 aromatic rings. The van der Waals surface area contributed by atoms with Crippen molar-refractivity contribution in [3.05, 3.63) is 40.9 Å². The third-order valence-corrected chi connectivity index (χ3v) is 6.56. The first-order valence-electron chi connectivity index (χ1n) is 9.24. The molecule has 4 rings (SSSR count). The van der Waals surface area contributed by atoms with Gasteiger partial charge in [-0.05, 0) is 34.7 Å². The van der Waals surface area contributed by atoms with Crippen LogP contribution in [-0.4, -0.2) is 37.9 Å². The van der Waals surface area contributed by atoms with Gasteiger partial charge in [0, 0.05) is 23.3 Å². The van der Waals surface area contributed by atoms with Crippen LogP contribution >= 0.6 is 23.1 Å². The van der Waals surface area contributed by atoms with Crippen molar-refractivity contribution in [3.63, 3.8) is 0 Å². The van der Waals surface area contributed by atoms with Crippen LogP contribution in [0.2, 0.25) is 0 Å². The fraction of sp³-hybridized carbons (Fsp3) is 0.474. The third kappa shape index (κ3) is 4.56. The van der Waals surface area contributed by atoms with E-state index in [0.717, 1.165) is 47.6 Å². The lowest BCUT2D eigenvalue weighted by Gasteiger charge is -2.09.